The van der Waals surface area contributed by atoms with Gasteiger partial charge in [-0.25, -0.2) is 9.97 Å². The molecule has 1 fully saturated rings. The average molecular weight is 277 g/mol. The van der Waals surface area contributed by atoms with Crippen molar-refractivity contribution >= 4 is 11.7 Å². The first-order valence-electron chi connectivity index (χ1n) is 7.04. The Kier molecular flexibility index (Phi) is 4.54. The summed E-state index contributed by atoms with van der Waals surface area (Å²) in [5.41, 5.74) is 0.942. The summed E-state index contributed by atoms with van der Waals surface area (Å²) in [6, 6.07) is 2.18. The van der Waals surface area contributed by atoms with Gasteiger partial charge in [0, 0.05) is 44.5 Å². The number of aromatic nitrogens is 2. The Labute approximate surface area is 120 Å². The summed E-state index contributed by atoms with van der Waals surface area (Å²) in [5.74, 6) is 0.962. The molecule has 1 aliphatic heterocycles. The number of hydrogen-bond donors (Lipinski definition) is 1. The zero-order chi connectivity index (χ0) is 14.7. The van der Waals surface area contributed by atoms with Crippen molar-refractivity contribution in [3.8, 4) is 0 Å². The molecule has 0 aliphatic carbocycles. The topological polar surface area (TPSA) is 61.4 Å². The van der Waals surface area contributed by atoms with Crippen molar-refractivity contribution in [1.82, 2.24) is 20.2 Å². The monoisotopic (exact) mass is 277 g/mol. The van der Waals surface area contributed by atoms with Crippen LogP contribution in [0.5, 0.6) is 0 Å². The van der Waals surface area contributed by atoms with Crippen molar-refractivity contribution in [2.24, 2.45) is 0 Å². The van der Waals surface area contributed by atoms with Gasteiger partial charge in [0.15, 0.2) is 0 Å². The Bertz CT molecular complexity index is 476. The molecule has 1 amide bonds. The van der Waals surface area contributed by atoms with Gasteiger partial charge >= 0.3 is 0 Å². The number of anilines is 1. The van der Waals surface area contributed by atoms with E-state index < -0.39 is 0 Å². The highest BCUT2D eigenvalue weighted by molar-refractivity contribution is 5.82. The largest absolute Gasteiger partial charge is 0.358 e. The van der Waals surface area contributed by atoms with Crippen molar-refractivity contribution in [2.45, 2.75) is 32.9 Å². The molecule has 1 N–H and O–H groups in total. The molecule has 0 aromatic carbocycles. The van der Waals surface area contributed by atoms with Crippen LogP contribution in [0.4, 0.5) is 5.82 Å². The highest BCUT2D eigenvalue weighted by atomic mass is 16.2. The van der Waals surface area contributed by atoms with Gasteiger partial charge in [-0.15, -0.1) is 0 Å². The van der Waals surface area contributed by atoms with E-state index >= 15 is 0 Å². The lowest BCUT2D eigenvalue weighted by molar-refractivity contribution is -0.127. The molecular weight excluding hydrogens is 254 g/mol. The normalized spacial score (nSPS) is 20.2. The molecule has 2 rings (SSSR count). The third-order valence-corrected chi connectivity index (χ3v) is 3.75. The van der Waals surface area contributed by atoms with Gasteiger partial charge in [-0.1, -0.05) is 0 Å². The number of rotatable bonds is 3. The van der Waals surface area contributed by atoms with Crippen LogP contribution in [0.25, 0.3) is 0 Å². The third-order valence-electron chi connectivity index (χ3n) is 3.75. The van der Waals surface area contributed by atoms with Gasteiger partial charge in [-0.2, -0.15) is 0 Å². The summed E-state index contributed by atoms with van der Waals surface area (Å²) in [7, 11) is 1.69. The van der Waals surface area contributed by atoms with Crippen molar-refractivity contribution < 1.29 is 4.79 Å². The molecule has 1 aliphatic rings. The molecule has 110 valence electrons. The second kappa shape index (κ2) is 6.17. The minimum absolute atomic E-state index is 0.0641. The van der Waals surface area contributed by atoms with E-state index in [1.807, 2.05) is 13.0 Å². The van der Waals surface area contributed by atoms with E-state index in [0.29, 0.717) is 12.6 Å². The predicted molar refractivity (Wildman–Crippen MR) is 78.7 cm³/mol. The Morgan fingerprint density at radius 2 is 2.15 bits per heavy atom. The van der Waals surface area contributed by atoms with Gasteiger partial charge in [-0.3, -0.25) is 9.69 Å². The van der Waals surface area contributed by atoms with E-state index in [9.17, 15) is 4.79 Å². The molecule has 0 bridgehead atoms. The van der Waals surface area contributed by atoms with Crippen molar-refractivity contribution in [1.29, 1.82) is 0 Å². The van der Waals surface area contributed by atoms with E-state index in [-0.39, 0.29) is 11.9 Å². The molecule has 6 nitrogen and oxygen atoms in total. The van der Waals surface area contributed by atoms with E-state index in [2.05, 4.69) is 38.9 Å². The maximum atomic E-state index is 12.1. The summed E-state index contributed by atoms with van der Waals surface area (Å²) >= 11 is 0. The molecule has 6 heteroatoms. The SMILES string of the molecule is CNC(=O)C1CN(c2cc(C)ncn2)CCN1C(C)C. The maximum Gasteiger partial charge on any atom is 0.238 e. The van der Waals surface area contributed by atoms with Gasteiger partial charge < -0.3 is 10.2 Å². The number of carbonyl (C=O) groups excluding carboxylic acids is 1. The van der Waals surface area contributed by atoms with Gasteiger partial charge in [0.25, 0.3) is 0 Å². The first-order valence-corrected chi connectivity index (χ1v) is 7.04. The van der Waals surface area contributed by atoms with Gasteiger partial charge in [0.1, 0.15) is 18.2 Å². The fourth-order valence-electron chi connectivity index (χ4n) is 2.64. The van der Waals surface area contributed by atoms with E-state index in [4.69, 9.17) is 0 Å². The first kappa shape index (κ1) is 14.7. The minimum Gasteiger partial charge on any atom is -0.358 e. The molecule has 0 radical (unpaired) electrons. The van der Waals surface area contributed by atoms with Gasteiger partial charge in [0.05, 0.1) is 0 Å². The number of likely N-dealkylation sites (N-methyl/N-ethyl adjacent to an activating group) is 1. The number of hydrogen-bond acceptors (Lipinski definition) is 5. The number of nitrogens with one attached hydrogen (secondary N) is 1. The lowest BCUT2D eigenvalue weighted by Gasteiger charge is -2.42. The summed E-state index contributed by atoms with van der Waals surface area (Å²) in [6.45, 7) is 8.60. The van der Waals surface area contributed by atoms with Crippen LogP contribution in [0.2, 0.25) is 0 Å². The second-order valence-electron chi connectivity index (χ2n) is 5.43. The Balaban J connectivity index is 2.18. The fraction of sp³-hybridized carbons (Fsp3) is 0.643. The minimum atomic E-state index is -0.135. The van der Waals surface area contributed by atoms with Crippen molar-refractivity contribution in [3.05, 3.63) is 18.1 Å². The Morgan fingerprint density at radius 1 is 1.40 bits per heavy atom. The highest BCUT2D eigenvalue weighted by Gasteiger charge is 2.33. The van der Waals surface area contributed by atoms with E-state index in [1.165, 1.54) is 0 Å². The van der Waals surface area contributed by atoms with Crippen LogP contribution in [0.15, 0.2) is 12.4 Å². The molecule has 20 heavy (non-hydrogen) atoms. The lowest BCUT2D eigenvalue weighted by atomic mass is 10.1. The molecule has 1 unspecified atom stereocenters. The van der Waals surface area contributed by atoms with Crippen LogP contribution >= 0.6 is 0 Å². The van der Waals surface area contributed by atoms with Crippen LogP contribution in [-0.4, -0.2) is 59.5 Å². The summed E-state index contributed by atoms with van der Waals surface area (Å²) in [5, 5.41) is 2.76. The standard InChI is InChI=1S/C14H23N5O/c1-10(2)19-6-5-18(8-12(19)14(20)15-4)13-7-11(3)16-9-17-13/h7,9-10,12H,5-6,8H2,1-4H3,(H,15,20). The molecule has 0 spiro atoms. The number of carbonyl (C=O) groups is 1. The van der Waals surface area contributed by atoms with E-state index in [1.54, 1.807) is 13.4 Å². The van der Waals surface area contributed by atoms with Gasteiger partial charge in [0.2, 0.25) is 5.91 Å². The number of amides is 1. The number of nitrogens with zero attached hydrogens (tertiary/aromatic N) is 4. The molecule has 1 atom stereocenters. The molecular formula is C14H23N5O. The Morgan fingerprint density at radius 3 is 2.75 bits per heavy atom. The predicted octanol–water partition coefficient (Wildman–Crippen LogP) is 0.430. The van der Waals surface area contributed by atoms with Crippen molar-refractivity contribution in [3.63, 3.8) is 0 Å². The molecule has 1 saturated heterocycles. The molecule has 1 aromatic heterocycles. The quantitative estimate of drug-likeness (QED) is 0.868. The second-order valence-corrected chi connectivity index (χ2v) is 5.43. The number of piperazine rings is 1. The zero-order valence-electron chi connectivity index (χ0n) is 12.6. The van der Waals surface area contributed by atoms with Crippen LogP contribution in [-0.2, 0) is 4.79 Å². The first-order chi connectivity index (χ1) is 9.52. The average Bonchev–Trinajstić information content (AvgIpc) is 2.45. The zero-order valence-corrected chi connectivity index (χ0v) is 12.6. The number of aryl methyl sites for hydroxylation is 1. The van der Waals surface area contributed by atoms with Gasteiger partial charge in [-0.05, 0) is 20.8 Å². The molecule has 0 saturated carbocycles. The van der Waals surface area contributed by atoms with Crippen molar-refractivity contribution in [2.75, 3.05) is 31.6 Å². The van der Waals surface area contributed by atoms with E-state index in [0.717, 1.165) is 24.6 Å². The smallest absolute Gasteiger partial charge is 0.238 e. The summed E-state index contributed by atoms with van der Waals surface area (Å²) in [6.07, 6.45) is 1.58. The van der Waals surface area contributed by atoms with Crippen LogP contribution < -0.4 is 10.2 Å². The maximum absolute atomic E-state index is 12.1. The van der Waals surface area contributed by atoms with Crippen LogP contribution in [0.1, 0.15) is 19.5 Å². The highest BCUT2D eigenvalue weighted by Crippen LogP contribution is 2.19. The molecule has 2 heterocycles. The Hall–Kier alpha value is -1.69. The van der Waals surface area contributed by atoms with Crippen LogP contribution in [0, 0.1) is 6.92 Å². The summed E-state index contributed by atoms with van der Waals surface area (Å²) < 4.78 is 0. The summed E-state index contributed by atoms with van der Waals surface area (Å²) in [4.78, 5) is 25.0. The van der Waals surface area contributed by atoms with Crippen LogP contribution in [0.3, 0.4) is 0 Å². The fourth-order valence-corrected chi connectivity index (χ4v) is 2.64. The third kappa shape index (κ3) is 3.07. The molecule has 1 aromatic rings. The lowest BCUT2D eigenvalue weighted by Crippen LogP contribution is -2.60.